The number of rotatable bonds is 3. The van der Waals surface area contributed by atoms with Gasteiger partial charge in [-0.05, 0) is 19.5 Å². The molecule has 0 spiro atoms. The lowest BCUT2D eigenvalue weighted by Gasteiger charge is -2.41. The van der Waals surface area contributed by atoms with Gasteiger partial charge in [-0.2, -0.15) is 5.26 Å². The molecule has 1 aliphatic rings. The molecule has 2 unspecified atom stereocenters. The molecule has 4 heteroatoms. The number of nitrogens with zero attached hydrogens (tertiary/aromatic N) is 4. The van der Waals surface area contributed by atoms with Gasteiger partial charge in [-0.1, -0.05) is 13.0 Å². The van der Waals surface area contributed by atoms with E-state index >= 15 is 0 Å². The molecule has 0 saturated carbocycles. The van der Waals surface area contributed by atoms with Gasteiger partial charge in [-0.25, -0.2) is 0 Å². The molecule has 0 bridgehead atoms. The average molecular weight is 244 g/mol. The first-order valence-corrected chi connectivity index (χ1v) is 6.50. The molecular weight excluding hydrogens is 224 g/mol. The van der Waals surface area contributed by atoms with Crippen LogP contribution in [-0.4, -0.2) is 47.5 Å². The highest BCUT2D eigenvalue weighted by atomic mass is 15.3. The Kier molecular flexibility index (Phi) is 4.29. The minimum Gasteiger partial charge on any atom is -0.304 e. The molecule has 4 nitrogen and oxygen atoms in total. The van der Waals surface area contributed by atoms with Gasteiger partial charge in [0, 0.05) is 43.6 Å². The van der Waals surface area contributed by atoms with Gasteiger partial charge in [0.15, 0.2) is 0 Å². The first kappa shape index (κ1) is 13.0. The molecule has 0 N–H and O–H groups in total. The fourth-order valence-electron chi connectivity index (χ4n) is 2.61. The highest BCUT2D eigenvalue weighted by molar-refractivity contribution is 5.21. The van der Waals surface area contributed by atoms with Crippen molar-refractivity contribution in [3.63, 3.8) is 0 Å². The maximum Gasteiger partial charge on any atom is 0.125 e. The maximum absolute atomic E-state index is 9.48. The highest BCUT2D eigenvalue weighted by Gasteiger charge is 2.30. The Labute approximate surface area is 109 Å². The van der Waals surface area contributed by atoms with Crippen molar-refractivity contribution in [2.75, 3.05) is 26.7 Å². The van der Waals surface area contributed by atoms with Crippen molar-refractivity contribution in [3.05, 3.63) is 30.1 Å². The van der Waals surface area contributed by atoms with Gasteiger partial charge in [0.25, 0.3) is 0 Å². The molecule has 2 rings (SSSR count). The Morgan fingerprint density at radius 3 is 3.00 bits per heavy atom. The third-order valence-corrected chi connectivity index (χ3v) is 3.66. The van der Waals surface area contributed by atoms with Gasteiger partial charge in [0.1, 0.15) is 6.04 Å². The zero-order chi connectivity index (χ0) is 13.0. The second-order valence-electron chi connectivity index (χ2n) is 4.88. The van der Waals surface area contributed by atoms with Gasteiger partial charge in [0.2, 0.25) is 0 Å². The van der Waals surface area contributed by atoms with Crippen LogP contribution in [0.4, 0.5) is 0 Å². The molecule has 1 aliphatic heterocycles. The Morgan fingerprint density at radius 2 is 2.39 bits per heavy atom. The fraction of sp³-hybridized carbons (Fsp3) is 0.571. The van der Waals surface area contributed by atoms with Gasteiger partial charge < -0.3 is 4.90 Å². The molecule has 96 valence electrons. The number of pyridine rings is 1. The lowest BCUT2D eigenvalue weighted by Crippen LogP contribution is -2.52. The van der Waals surface area contributed by atoms with E-state index in [1.54, 1.807) is 12.4 Å². The second kappa shape index (κ2) is 5.94. The molecule has 1 saturated heterocycles. The van der Waals surface area contributed by atoms with E-state index in [0.717, 1.165) is 31.6 Å². The second-order valence-corrected chi connectivity index (χ2v) is 4.88. The van der Waals surface area contributed by atoms with Crippen LogP contribution in [0.5, 0.6) is 0 Å². The van der Waals surface area contributed by atoms with Crippen LogP contribution in [0.15, 0.2) is 24.5 Å². The van der Waals surface area contributed by atoms with E-state index in [1.165, 1.54) is 0 Å². The van der Waals surface area contributed by atoms with Crippen LogP contribution >= 0.6 is 0 Å². The lowest BCUT2D eigenvalue weighted by molar-refractivity contribution is 0.0675. The Morgan fingerprint density at radius 1 is 1.56 bits per heavy atom. The third-order valence-electron chi connectivity index (χ3n) is 3.66. The van der Waals surface area contributed by atoms with Crippen molar-refractivity contribution in [1.29, 1.82) is 5.26 Å². The van der Waals surface area contributed by atoms with E-state index in [4.69, 9.17) is 0 Å². The Hall–Kier alpha value is -1.44. The third kappa shape index (κ3) is 2.69. The number of piperazine rings is 1. The summed E-state index contributed by atoms with van der Waals surface area (Å²) in [7, 11) is 2.14. The SMILES string of the molecule is CCC1CN(C)CCN1C(C#N)c1cccnc1. The number of nitriles is 1. The molecule has 18 heavy (non-hydrogen) atoms. The predicted molar refractivity (Wildman–Crippen MR) is 70.9 cm³/mol. The summed E-state index contributed by atoms with van der Waals surface area (Å²) in [5, 5.41) is 9.48. The van der Waals surface area contributed by atoms with Crippen LogP contribution < -0.4 is 0 Å². The average Bonchev–Trinajstić information content (AvgIpc) is 2.42. The monoisotopic (exact) mass is 244 g/mol. The largest absolute Gasteiger partial charge is 0.304 e. The van der Waals surface area contributed by atoms with Gasteiger partial charge >= 0.3 is 0 Å². The van der Waals surface area contributed by atoms with Crippen molar-refractivity contribution in [2.24, 2.45) is 0 Å². The van der Waals surface area contributed by atoms with Crippen molar-refractivity contribution >= 4 is 0 Å². The summed E-state index contributed by atoms with van der Waals surface area (Å²) in [5.74, 6) is 0. The van der Waals surface area contributed by atoms with Crippen molar-refractivity contribution in [2.45, 2.75) is 25.4 Å². The summed E-state index contributed by atoms with van der Waals surface area (Å²) >= 11 is 0. The number of likely N-dealkylation sites (N-methyl/N-ethyl adjacent to an activating group) is 1. The van der Waals surface area contributed by atoms with Crippen LogP contribution in [0.2, 0.25) is 0 Å². The van der Waals surface area contributed by atoms with E-state index in [2.05, 4.69) is 34.8 Å². The van der Waals surface area contributed by atoms with Crippen LogP contribution in [0.25, 0.3) is 0 Å². The molecule has 1 aromatic rings. The molecule has 1 aromatic heterocycles. The topological polar surface area (TPSA) is 43.2 Å². The van der Waals surface area contributed by atoms with E-state index in [1.807, 2.05) is 12.1 Å². The van der Waals surface area contributed by atoms with Crippen LogP contribution in [0.3, 0.4) is 0 Å². The van der Waals surface area contributed by atoms with Crippen molar-refractivity contribution in [3.8, 4) is 6.07 Å². The zero-order valence-corrected chi connectivity index (χ0v) is 11.1. The molecule has 0 radical (unpaired) electrons. The minimum absolute atomic E-state index is 0.169. The van der Waals surface area contributed by atoms with E-state index in [-0.39, 0.29) is 6.04 Å². The summed E-state index contributed by atoms with van der Waals surface area (Å²) in [6, 6.07) is 6.61. The normalized spacial score (nSPS) is 23.5. The molecular formula is C14H20N4. The van der Waals surface area contributed by atoms with E-state index in [9.17, 15) is 5.26 Å². The number of hydrogen-bond donors (Lipinski definition) is 0. The van der Waals surface area contributed by atoms with Crippen LogP contribution in [-0.2, 0) is 0 Å². The fourth-order valence-corrected chi connectivity index (χ4v) is 2.61. The van der Waals surface area contributed by atoms with E-state index in [0.29, 0.717) is 6.04 Å². The van der Waals surface area contributed by atoms with Crippen molar-refractivity contribution < 1.29 is 0 Å². The first-order chi connectivity index (χ1) is 8.76. The standard InChI is InChI=1S/C14H20N4/c1-3-13-11-17(2)7-8-18(13)14(9-15)12-5-4-6-16-10-12/h4-6,10,13-14H,3,7-8,11H2,1-2H3. The smallest absolute Gasteiger partial charge is 0.125 e. The minimum atomic E-state index is -0.169. The zero-order valence-electron chi connectivity index (χ0n) is 11.1. The lowest BCUT2D eigenvalue weighted by atomic mass is 10.0. The molecule has 1 fully saturated rings. The molecule has 0 aromatic carbocycles. The molecule has 2 atom stereocenters. The van der Waals surface area contributed by atoms with Gasteiger partial charge in [-0.15, -0.1) is 0 Å². The number of hydrogen-bond acceptors (Lipinski definition) is 4. The summed E-state index contributed by atoms with van der Waals surface area (Å²) in [5.41, 5.74) is 1.00. The van der Waals surface area contributed by atoms with E-state index < -0.39 is 0 Å². The Bertz CT molecular complexity index is 412. The van der Waals surface area contributed by atoms with Crippen molar-refractivity contribution in [1.82, 2.24) is 14.8 Å². The quantitative estimate of drug-likeness (QED) is 0.811. The van der Waals surface area contributed by atoms with Crippen LogP contribution in [0.1, 0.15) is 24.9 Å². The predicted octanol–water partition coefficient (Wildman–Crippen LogP) is 1.67. The van der Waals surface area contributed by atoms with Crippen LogP contribution in [0, 0.1) is 11.3 Å². The highest BCUT2D eigenvalue weighted by Crippen LogP contribution is 2.25. The maximum atomic E-state index is 9.48. The first-order valence-electron chi connectivity index (χ1n) is 6.50. The summed E-state index contributed by atoms with van der Waals surface area (Å²) in [6.45, 7) is 5.19. The summed E-state index contributed by atoms with van der Waals surface area (Å²) in [6.07, 6.45) is 4.63. The number of aromatic nitrogens is 1. The van der Waals surface area contributed by atoms with Gasteiger partial charge in [0.05, 0.1) is 6.07 Å². The molecule has 0 amide bonds. The summed E-state index contributed by atoms with van der Waals surface area (Å²) < 4.78 is 0. The Balaban J connectivity index is 2.20. The van der Waals surface area contributed by atoms with Gasteiger partial charge in [-0.3, -0.25) is 9.88 Å². The summed E-state index contributed by atoms with van der Waals surface area (Å²) in [4.78, 5) is 8.78. The molecule has 2 heterocycles. The molecule has 0 aliphatic carbocycles.